The van der Waals surface area contributed by atoms with Crippen LogP contribution in [0.25, 0.3) is 16.7 Å². The molecule has 1 amide bonds. The monoisotopic (exact) mass is 426 g/mol. The lowest BCUT2D eigenvalue weighted by Crippen LogP contribution is -2.40. The molecule has 0 radical (unpaired) electrons. The summed E-state index contributed by atoms with van der Waals surface area (Å²) in [4.78, 5) is 11.2. The molecule has 0 saturated carbocycles. The Morgan fingerprint density at radius 3 is 2.53 bits per heavy atom. The molecule has 2 aliphatic rings. The topological polar surface area (TPSA) is 86.7 Å². The molecule has 2 N–H and O–H groups in total. The van der Waals surface area contributed by atoms with Crippen LogP contribution in [0.1, 0.15) is 35.1 Å². The molecule has 2 aromatic carbocycles. The first-order valence-corrected chi connectivity index (χ1v) is 11.8. The highest BCUT2D eigenvalue weighted by Crippen LogP contribution is 2.32. The van der Waals surface area contributed by atoms with Crippen LogP contribution in [-0.4, -0.2) is 42.7 Å². The highest BCUT2D eigenvalue weighted by Gasteiger charge is 2.27. The summed E-state index contributed by atoms with van der Waals surface area (Å²) in [5.74, 6) is -1.68. The minimum atomic E-state index is -3.74. The van der Waals surface area contributed by atoms with Crippen molar-refractivity contribution in [3.8, 4) is 11.1 Å². The van der Waals surface area contributed by atoms with Crippen LogP contribution in [0.15, 0.2) is 42.5 Å². The Morgan fingerprint density at radius 2 is 1.83 bits per heavy atom. The fourth-order valence-electron chi connectivity index (χ4n) is 4.38. The highest BCUT2D eigenvalue weighted by atomic mass is 32.2. The normalized spacial score (nSPS) is 16.8. The zero-order chi connectivity index (χ0) is 21.3. The SMILES string of the molecule is Cc1cc(C2=CCN(S(=O)(=O)CC(=O)NO)CC2)ccc1-c1ccc2c(c1)CCC2. The Kier molecular flexibility index (Phi) is 5.77. The Balaban J connectivity index is 1.51. The molecule has 2 aromatic rings. The lowest BCUT2D eigenvalue weighted by Gasteiger charge is -2.26. The first-order valence-electron chi connectivity index (χ1n) is 10.2. The molecule has 0 atom stereocenters. The average Bonchev–Trinajstić information content (AvgIpc) is 3.21. The van der Waals surface area contributed by atoms with Gasteiger partial charge < -0.3 is 0 Å². The molecule has 1 heterocycles. The molecule has 4 rings (SSSR count). The van der Waals surface area contributed by atoms with Gasteiger partial charge in [-0.1, -0.05) is 42.5 Å². The minimum Gasteiger partial charge on any atom is -0.289 e. The second-order valence-electron chi connectivity index (χ2n) is 8.00. The van der Waals surface area contributed by atoms with E-state index in [4.69, 9.17) is 5.21 Å². The molecule has 0 saturated heterocycles. The molecular formula is C23H26N2O4S. The summed E-state index contributed by atoms with van der Waals surface area (Å²) in [6, 6.07) is 13.2. The van der Waals surface area contributed by atoms with Crippen LogP contribution in [-0.2, 0) is 27.7 Å². The number of hydrogen-bond acceptors (Lipinski definition) is 4. The van der Waals surface area contributed by atoms with Crippen LogP contribution in [0.3, 0.4) is 0 Å². The van der Waals surface area contributed by atoms with Gasteiger partial charge in [-0.2, -0.15) is 4.31 Å². The van der Waals surface area contributed by atoms with Gasteiger partial charge in [0.1, 0.15) is 5.75 Å². The molecule has 0 fully saturated rings. The van der Waals surface area contributed by atoms with E-state index in [-0.39, 0.29) is 6.54 Å². The molecule has 0 aromatic heterocycles. The lowest BCUT2D eigenvalue weighted by molar-refractivity contribution is -0.126. The molecule has 0 bridgehead atoms. The third kappa shape index (κ3) is 4.19. The van der Waals surface area contributed by atoms with E-state index in [9.17, 15) is 13.2 Å². The number of carbonyl (C=O) groups excluding carboxylic acids is 1. The predicted octanol–water partition coefficient (Wildman–Crippen LogP) is 3.08. The molecule has 1 aliphatic heterocycles. The number of carbonyl (C=O) groups is 1. The van der Waals surface area contributed by atoms with Crippen molar-refractivity contribution in [1.82, 2.24) is 9.79 Å². The van der Waals surface area contributed by atoms with Gasteiger partial charge in [0.05, 0.1) is 0 Å². The maximum atomic E-state index is 12.3. The summed E-state index contributed by atoms with van der Waals surface area (Å²) in [6.07, 6.45) is 6.06. The van der Waals surface area contributed by atoms with Crippen molar-refractivity contribution in [3.63, 3.8) is 0 Å². The second-order valence-corrected chi connectivity index (χ2v) is 9.96. The van der Waals surface area contributed by atoms with Crippen molar-refractivity contribution >= 4 is 21.5 Å². The van der Waals surface area contributed by atoms with Crippen molar-refractivity contribution in [3.05, 3.63) is 64.7 Å². The van der Waals surface area contributed by atoms with Gasteiger partial charge in [0, 0.05) is 13.1 Å². The fraction of sp³-hybridized carbons (Fsp3) is 0.348. The Morgan fingerprint density at radius 1 is 1.07 bits per heavy atom. The van der Waals surface area contributed by atoms with Gasteiger partial charge in [0.15, 0.2) is 0 Å². The number of nitrogens with zero attached hydrogens (tertiary/aromatic N) is 1. The fourth-order valence-corrected chi connectivity index (χ4v) is 5.63. The first-order chi connectivity index (χ1) is 14.4. The second kappa shape index (κ2) is 8.34. The summed E-state index contributed by atoms with van der Waals surface area (Å²) < 4.78 is 25.8. The van der Waals surface area contributed by atoms with Crippen molar-refractivity contribution in [2.24, 2.45) is 0 Å². The van der Waals surface area contributed by atoms with Gasteiger partial charge >= 0.3 is 0 Å². The summed E-state index contributed by atoms with van der Waals surface area (Å²) in [7, 11) is -3.74. The van der Waals surface area contributed by atoms with Crippen LogP contribution in [0.2, 0.25) is 0 Å². The maximum Gasteiger partial charge on any atom is 0.259 e. The van der Waals surface area contributed by atoms with Crippen molar-refractivity contribution in [2.75, 3.05) is 18.8 Å². The minimum absolute atomic E-state index is 0.224. The number of nitrogens with one attached hydrogen (secondary N) is 1. The molecule has 6 nitrogen and oxygen atoms in total. The highest BCUT2D eigenvalue weighted by molar-refractivity contribution is 7.89. The Hall–Kier alpha value is -2.48. The first kappa shape index (κ1) is 20.8. The van der Waals surface area contributed by atoms with E-state index in [1.165, 1.54) is 50.4 Å². The lowest BCUT2D eigenvalue weighted by atomic mass is 9.92. The number of rotatable bonds is 5. The maximum absolute atomic E-state index is 12.3. The quantitative estimate of drug-likeness (QED) is 0.568. The number of amides is 1. The molecule has 1 aliphatic carbocycles. The number of benzene rings is 2. The van der Waals surface area contributed by atoms with E-state index in [0.29, 0.717) is 13.0 Å². The van der Waals surface area contributed by atoms with E-state index < -0.39 is 21.7 Å². The Bertz CT molecular complexity index is 1120. The van der Waals surface area contributed by atoms with Gasteiger partial charge in [-0.05, 0) is 71.6 Å². The smallest absolute Gasteiger partial charge is 0.259 e. The standard InChI is InChI=1S/C23H26N2O4S/c1-16-13-20(7-8-22(16)21-6-5-17-3-2-4-19(17)14-21)18-9-11-25(12-10-18)30(28,29)15-23(26)24-27/h5-9,13-14,27H,2-4,10-12,15H2,1H3,(H,24,26). The van der Waals surface area contributed by atoms with Crippen LogP contribution >= 0.6 is 0 Å². The van der Waals surface area contributed by atoms with Crippen molar-refractivity contribution in [1.29, 1.82) is 0 Å². The van der Waals surface area contributed by atoms with Gasteiger partial charge in [-0.3, -0.25) is 10.0 Å². The molecule has 0 spiro atoms. The number of fused-ring (bicyclic) bond motifs is 1. The molecule has 158 valence electrons. The third-order valence-electron chi connectivity index (χ3n) is 6.01. The van der Waals surface area contributed by atoms with E-state index in [2.05, 4.69) is 43.3 Å². The Labute approximate surface area is 177 Å². The molecular weight excluding hydrogens is 400 g/mol. The molecule has 0 unspecified atom stereocenters. The van der Waals surface area contributed by atoms with Crippen LogP contribution in [0, 0.1) is 6.92 Å². The number of hydroxylamine groups is 1. The van der Waals surface area contributed by atoms with Crippen LogP contribution in [0.4, 0.5) is 0 Å². The van der Waals surface area contributed by atoms with E-state index in [1.54, 1.807) is 0 Å². The van der Waals surface area contributed by atoms with Gasteiger partial charge in [-0.25, -0.2) is 13.9 Å². The molecule has 7 heteroatoms. The third-order valence-corrected chi connectivity index (χ3v) is 7.76. The zero-order valence-electron chi connectivity index (χ0n) is 17.0. The van der Waals surface area contributed by atoms with E-state index in [1.807, 2.05) is 6.08 Å². The summed E-state index contributed by atoms with van der Waals surface area (Å²) >= 11 is 0. The van der Waals surface area contributed by atoms with Gasteiger partial charge in [0.2, 0.25) is 10.0 Å². The van der Waals surface area contributed by atoms with Crippen LogP contribution < -0.4 is 5.48 Å². The van der Waals surface area contributed by atoms with E-state index >= 15 is 0 Å². The summed E-state index contributed by atoms with van der Waals surface area (Å²) in [5.41, 5.74) is 10.2. The van der Waals surface area contributed by atoms with Crippen molar-refractivity contribution in [2.45, 2.75) is 32.6 Å². The summed E-state index contributed by atoms with van der Waals surface area (Å²) in [6.45, 7) is 2.65. The van der Waals surface area contributed by atoms with Crippen LogP contribution in [0.5, 0.6) is 0 Å². The van der Waals surface area contributed by atoms with Gasteiger partial charge in [-0.15, -0.1) is 0 Å². The number of hydrogen-bond donors (Lipinski definition) is 2. The largest absolute Gasteiger partial charge is 0.289 e. The number of aryl methyl sites for hydroxylation is 3. The average molecular weight is 427 g/mol. The predicted molar refractivity (Wildman–Crippen MR) is 117 cm³/mol. The summed E-state index contributed by atoms with van der Waals surface area (Å²) in [5, 5.41) is 8.57. The van der Waals surface area contributed by atoms with Crippen molar-refractivity contribution < 1.29 is 18.4 Å². The molecule has 30 heavy (non-hydrogen) atoms. The van der Waals surface area contributed by atoms with Gasteiger partial charge in [0.25, 0.3) is 5.91 Å². The number of sulfonamides is 1. The zero-order valence-corrected chi connectivity index (χ0v) is 17.8. The van der Waals surface area contributed by atoms with E-state index in [0.717, 1.165) is 17.6 Å².